The predicted octanol–water partition coefficient (Wildman–Crippen LogP) is 14.3. The van der Waals surface area contributed by atoms with E-state index in [0.717, 1.165) is 34.1 Å². The highest BCUT2D eigenvalue weighted by Crippen LogP contribution is 2.53. The third-order valence-electron chi connectivity index (χ3n) is 10.7. The fourth-order valence-corrected chi connectivity index (χ4v) is 8.00. The summed E-state index contributed by atoms with van der Waals surface area (Å²) in [6.07, 6.45) is 0. The summed E-state index contributed by atoms with van der Waals surface area (Å²) in [5.74, 6) is 0. The van der Waals surface area contributed by atoms with Crippen LogP contribution in [0.3, 0.4) is 0 Å². The molecular formula is C51H40N2. The molecule has 0 aliphatic heterocycles. The molecule has 254 valence electrons. The number of hydrogen-bond acceptors (Lipinski definition) is 2. The van der Waals surface area contributed by atoms with Crippen LogP contribution in [0.25, 0.3) is 33.4 Å². The molecule has 0 spiro atoms. The third kappa shape index (κ3) is 5.89. The van der Waals surface area contributed by atoms with Crippen LogP contribution in [0, 0.1) is 0 Å². The Morgan fingerprint density at radius 1 is 0.302 bits per heavy atom. The van der Waals surface area contributed by atoms with Crippen LogP contribution in [-0.4, -0.2) is 0 Å². The van der Waals surface area contributed by atoms with Gasteiger partial charge in [0.1, 0.15) is 0 Å². The van der Waals surface area contributed by atoms with E-state index in [0.29, 0.717) is 0 Å². The van der Waals surface area contributed by atoms with Gasteiger partial charge in [0.05, 0.1) is 0 Å². The normalized spacial score (nSPS) is 12.5. The maximum atomic E-state index is 2.42. The summed E-state index contributed by atoms with van der Waals surface area (Å²) >= 11 is 0. The predicted molar refractivity (Wildman–Crippen MR) is 224 cm³/mol. The number of para-hydroxylation sites is 4. The number of rotatable bonds is 8. The second kappa shape index (κ2) is 13.5. The van der Waals surface area contributed by atoms with Gasteiger partial charge in [0, 0.05) is 39.5 Å². The lowest BCUT2D eigenvalue weighted by Gasteiger charge is -2.25. The Morgan fingerprint density at radius 2 is 0.698 bits per heavy atom. The lowest BCUT2D eigenvalue weighted by Crippen LogP contribution is -2.15. The maximum absolute atomic E-state index is 2.42. The SMILES string of the molecule is CC1(C)c2cc(-c3ccc(N(c4ccccc4)c4ccccc4)cc3)ccc2-c2c(-c3ccc(N(c4ccccc4)c4ccccc4)cc3)cccc21. The fourth-order valence-electron chi connectivity index (χ4n) is 8.00. The lowest BCUT2D eigenvalue weighted by atomic mass is 9.81. The average Bonchev–Trinajstić information content (AvgIpc) is 3.46. The van der Waals surface area contributed by atoms with Gasteiger partial charge < -0.3 is 9.80 Å². The van der Waals surface area contributed by atoms with E-state index in [2.05, 4.69) is 230 Å². The van der Waals surface area contributed by atoms with Crippen LogP contribution in [0.5, 0.6) is 0 Å². The van der Waals surface area contributed by atoms with Crippen molar-refractivity contribution in [1.29, 1.82) is 0 Å². The van der Waals surface area contributed by atoms with Crippen molar-refractivity contribution < 1.29 is 0 Å². The molecule has 1 aliphatic rings. The number of nitrogens with zero attached hydrogens (tertiary/aromatic N) is 2. The highest BCUT2D eigenvalue weighted by Gasteiger charge is 2.37. The van der Waals surface area contributed by atoms with Crippen LogP contribution in [0.15, 0.2) is 206 Å². The van der Waals surface area contributed by atoms with Gasteiger partial charge in [-0.05, 0) is 123 Å². The van der Waals surface area contributed by atoms with Crippen LogP contribution >= 0.6 is 0 Å². The van der Waals surface area contributed by atoms with Crippen molar-refractivity contribution in [3.05, 3.63) is 217 Å². The molecular weight excluding hydrogens is 641 g/mol. The van der Waals surface area contributed by atoms with Crippen molar-refractivity contribution in [3.8, 4) is 33.4 Å². The van der Waals surface area contributed by atoms with Gasteiger partial charge in [0.2, 0.25) is 0 Å². The van der Waals surface area contributed by atoms with Gasteiger partial charge in [-0.2, -0.15) is 0 Å². The second-order valence-corrected chi connectivity index (χ2v) is 14.2. The van der Waals surface area contributed by atoms with E-state index in [-0.39, 0.29) is 5.41 Å². The van der Waals surface area contributed by atoms with Gasteiger partial charge in [-0.25, -0.2) is 0 Å². The number of fused-ring (bicyclic) bond motifs is 3. The van der Waals surface area contributed by atoms with Gasteiger partial charge in [0.15, 0.2) is 0 Å². The minimum absolute atomic E-state index is 0.134. The maximum Gasteiger partial charge on any atom is 0.0462 e. The third-order valence-corrected chi connectivity index (χ3v) is 10.7. The first-order valence-electron chi connectivity index (χ1n) is 18.4. The minimum atomic E-state index is -0.134. The fraction of sp³-hybridized carbons (Fsp3) is 0.0588. The molecule has 0 amide bonds. The van der Waals surface area contributed by atoms with Crippen molar-refractivity contribution >= 4 is 34.1 Å². The summed E-state index contributed by atoms with van der Waals surface area (Å²) in [6.45, 7) is 4.74. The molecule has 0 radical (unpaired) electrons. The van der Waals surface area contributed by atoms with E-state index in [9.17, 15) is 0 Å². The molecule has 0 fully saturated rings. The van der Waals surface area contributed by atoms with Crippen molar-refractivity contribution in [2.45, 2.75) is 19.3 Å². The number of hydrogen-bond donors (Lipinski definition) is 0. The van der Waals surface area contributed by atoms with Crippen LogP contribution < -0.4 is 9.80 Å². The summed E-state index contributed by atoms with van der Waals surface area (Å²) < 4.78 is 0. The highest BCUT2D eigenvalue weighted by atomic mass is 15.1. The van der Waals surface area contributed by atoms with E-state index in [4.69, 9.17) is 0 Å². The first-order chi connectivity index (χ1) is 26.1. The van der Waals surface area contributed by atoms with E-state index >= 15 is 0 Å². The first kappa shape index (κ1) is 32.3. The monoisotopic (exact) mass is 680 g/mol. The van der Waals surface area contributed by atoms with E-state index < -0.39 is 0 Å². The molecule has 1 aliphatic carbocycles. The quantitative estimate of drug-likeness (QED) is 0.158. The zero-order chi connectivity index (χ0) is 35.8. The molecule has 0 atom stereocenters. The highest BCUT2D eigenvalue weighted by molar-refractivity contribution is 5.94. The molecule has 0 saturated heterocycles. The Balaban J connectivity index is 1.06. The Bertz CT molecular complexity index is 2410. The van der Waals surface area contributed by atoms with Crippen molar-refractivity contribution in [1.82, 2.24) is 0 Å². The second-order valence-electron chi connectivity index (χ2n) is 14.2. The molecule has 9 rings (SSSR count). The van der Waals surface area contributed by atoms with Crippen molar-refractivity contribution in [2.24, 2.45) is 0 Å². The average molecular weight is 681 g/mol. The molecule has 0 heterocycles. The molecule has 2 nitrogen and oxygen atoms in total. The van der Waals surface area contributed by atoms with Gasteiger partial charge in [-0.1, -0.05) is 141 Å². The summed E-state index contributed by atoms with van der Waals surface area (Å²) in [5, 5.41) is 0. The first-order valence-corrected chi connectivity index (χ1v) is 18.4. The number of benzene rings is 8. The van der Waals surface area contributed by atoms with Gasteiger partial charge in [-0.3, -0.25) is 0 Å². The van der Waals surface area contributed by atoms with E-state index in [1.54, 1.807) is 0 Å². The zero-order valence-corrected chi connectivity index (χ0v) is 30.0. The van der Waals surface area contributed by atoms with Crippen LogP contribution in [0.4, 0.5) is 34.1 Å². The Labute approximate surface area is 312 Å². The summed E-state index contributed by atoms with van der Waals surface area (Å²) in [4.78, 5) is 4.62. The molecule has 2 heteroatoms. The lowest BCUT2D eigenvalue weighted by molar-refractivity contribution is 0.660. The molecule has 8 aromatic carbocycles. The van der Waals surface area contributed by atoms with E-state index in [1.165, 1.54) is 44.5 Å². The number of anilines is 6. The van der Waals surface area contributed by atoms with Crippen LogP contribution in [0.2, 0.25) is 0 Å². The summed E-state index contributed by atoms with van der Waals surface area (Å²) in [5.41, 5.74) is 17.0. The van der Waals surface area contributed by atoms with Gasteiger partial charge in [0.25, 0.3) is 0 Å². The Kier molecular flexibility index (Phi) is 8.21. The molecule has 0 bridgehead atoms. The topological polar surface area (TPSA) is 6.48 Å². The van der Waals surface area contributed by atoms with Crippen LogP contribution in [0.1, 0.15) is 25.0 Å². The van der Waals surface area contributed by atoms with Gasteiger partial charge >= 0.3 is 0 Å². The smallest absolute Gasteiger partial charge is 0.0462 e. The Morgan fingerprint density at radius 3 is 1.15 bits per heavy atom. The minimum Gasteiger partial charge on any atom is -0.311 e. The summed E-state index contributed by atoms with van der Waals surface area (Å²) in [6, 6.07) is 74.2. The molecule has 8 aromatic rings. The molecule has 0 aromatic heterocycles. The molecule has 0 unspecified atom stereocenters. The molecule has 0 saturated carbocycles. The summed E-state index contributed by atoms with van der Waals surface area (Å²) in [7, 11) is 0. The molecule has 0 N–H and O–H groups in total. The van der Waals surface area contributed by atoms with Gasteiger partial charge in [-0.15, -0.1) is 0 Å². The zero-order valence-electron chi connectivity index (χ0n) is 30.0. The largest absolute Gasteiger partial charge is 0.311 e. The Hall–Kier alpha value is -6.64. The standard InChI is InChI=1S/C51H40N2/c1-51(2)48-25-15-24-46(38-28-33-45(34-29-38)53(42-20-11-5-12-21-42)43-22-13-6-14-23-43)50(48)47-35-30-39(36-49(47)51)37-26-31-44(32-27-37)52(40-16-7-3-8-17-40)41-18-9-4-10-19-41/h3-36H,1-2H3. The van der Waals surface area contributed by atoms with Crippen molar-refractivity contribution in [2.75, 3.05) is 9.80 Å². The molecule has 53 heavy (non-hydrogen) atoms. The van der Waals surface area contributed by atoms with E-state index in [1.807, 2.05) is 0 Å². The van der Waals surface area contributed by atoms with Crippen LogP contribution in [-0.2, 0) is 5.41 Å². The van der Waals surface area contributed by atoms with Crippen molar-refractivity contribution in [3.63, 3.8) is 0 Å².